The molecule has 0 fully saturated rings. The largest absolute Gasteiger partial charge is 0.480 e. The van der Waals surface area contributed by atoms with Crippen LogP contribution in [0.25, 0.3) is 0 Å². The summed E-state index contributed by atoms with van der Waals surface area (Å²) in [5.74, 6) is -0.829. The fourth-order valence-electron chi connectivity index (χ4n) is 1.90. The molecule has 1 aromatic heterocycles. The summed E-state index contributed by atoms with van der Waals surface area (Å²) in [7, 11) is 0. The third kappa shape index (κ3) is 4.10. The van der Waals surface area contributed by atoms with E-state index >= 15 is 0 Å². The first kappa shape index (κ1) is 13.1. The van der Waals surface area contributed by atoms with E-state index in [9.17, 15) is 4.79 Å². The predicted octanol–water partition coefficient (Wildman–Crippen LogP) is 2.22. The molecule has 0 saturated heterocycles. The molecule has 0 aliphatic heterocycles. The summed E-state index contributed by atoms with van der Waals surface area (Å²) in [6.45, 7) is 0.629. The van der Waals surface area contributed by atoms with Crippen molar-refractivity contribution in [1.29, 1.82) is 0 Å². The predicted molar refractivity (Wildman–Crippen MR) is 74.2 cm³/mol. The molecule has 19 heavy (non-hydrogen) atoms. The molecule has 0 atom stereocenters. The second-order valence-electron chi connectivity index (χ2n) is 4.22. The van der Waals surface area contributed by atoms with Crippen molar-refractivity contribution in [3.8, 4) is 0 Å². The van der Waals surface area contributed by atoms with Crippen molar-refractivity contribution in [2.75, 3.05) is 18.0 Å². The highest BCUT2D eigenvalue weighted by atomic mass is 16.4. The quantitative estimate of drug-likeness (QED) is 0.861. The first-order chi connectivity index (χ1) is 9.25. The van der Waals surface area contributed by atoms with Crippen LogP contribution in [0.5, 0.6) is 0 Å². The average molecular weight is 256 g/mol. The van der Waals surface area contributed by atoms with E-state index in [0.29, 0.717) is 6.54 Å². The molecule has 1 aromatic carbocycles. The van der Waals surface area contributed by atoms with Gasteiger partial charge in [-0.25, -0.2) is 0 Å². The summed E-state index contributed by atoms with van der Waals surface area (Å²) in [6, 6.07) is 15.3. The number of aromatic nitrogens is 1. The number of carbonyl (C=O) groups is 1. The summed E-state index contributed by atoms with van der Waals surface area (Å²) in [4.78, 5) is 17.0. The van der Waals surface area contributed by atoms with E-state index < -0.39 is 5.97 Å². The van der Waals surface area contributed by atoms with Gasteiger partial charge in [-0.05, 0) is 24.3 Å². The van der Waals surface area contributed by atoms with Crippen molar-refractivity contribution < 1.29 is 9.90 Å². The zero-order chi connectivity index (χ0) is 13.5. The number of pyridine rings is 1. The van der Waals surface area contributed by atoms with Gasteiger partial charge in [0.2, 0.25) is 0 Å². The maximum Gasteiger partial charge on any atom is 0.323 e. The Bertz CT molecular complexity index is 514. The van der Waals surface area contributed by atoms with Crippen LogP contribution in [0.3, 0.4) is 0 Å². The summed E-state index contributed by atoms with van der Waals surface area (Å²) in [5.41, 5.74) is 1.88. The third-order valence-electron chi connectivity index (χ3n) is 2.81. The number of hydrogen-bond acceptors (Lipinski definition) is 3. The molecule has 0 aliphatic rings. The van der Waals surface area contributed by atoms with Crippen molar-refractivity contribution in [3.05, 3.63) is 60.4 Å². The Kier molecular flexibility index (Phi) is 4.50. The number of aliphatic carboxylic acids is 1. The second-order valence-corrected chi connectivity index (χ2v) is 4.22. The van der Waals surface area contributed by atoms with E-state index in [0.717, 1.165) is 17.8 Å². The molecule has 0 unspecified atom stereocenters. The van der Waals surface area contributed by atoms with Crippen LogP contribution in [0.1, 0.15) is 5.69 Å². The van der Waals surface area contributed by atoms with Crippen molar-refractivity contribution in [3.63, 3.8) is 0 Å². The van der Waals surface area contributed by atoms with Gasteiger partial charge >= 0.3 is 5.97 Å². The molecule has 1 N–H and O–H groups in total. The zero-order valence-corrected chi connectivity index (χ0v) is 10.6. The molecular formula is C15H16N2O2. The van der Waals surface area contributed by atoms with Crippen molar-refractivity contribution in [2.24, 2.45) is 0 Å². The lowest BCUT2D eigenvalue weighted by atomic mass is 10.2. The number of rotatable bonds is 6. The molecule has 1 heterocycles. The van der Waals surface area contributed by atoms with Gasteiger partial charge in [-0.2, -0.15) is 0 Å². The van der Waals surface area contributed by atoms with E-state index in [1.165, 1.54) is 0 Å². The first-order valence-electron chi connectivity index (χ1n) is 6.17. The van der Waals surface area contributed by atoms with Crippen LogP contribution in [0, 0.1) is 0 Å². The van der Waals surface area contributed by atoms with Gasteiger partial charge in [0.25, 0.3) is 0 Å². The van der Waals surface area contributed by atoms with Crippen LogP contribution >= 0.6 is 0 Å². The van der Waals surface area contributed by atoms with Crippen molar-refractivity contribution in [1.82, 2.24) is 4.98 Å². The van der Waals surface area contributed by atoms with Gasteiger partial charge in [0.05, 0.1) is 0 Å². The Morgan fingerprint density at radius 3 is 2.47 bits per heavy atom. The molecule has 4 nitrogen and oxygen atoms in total. The zero-order valence-electron chi connectivity index (χ0n) is 10.6. The fraction of sp³-hybridized carbons (Fsp3) is 0.200. The summed E-state index contributed by atoms with van der Waals surface area (Å²) < 4.78 is 0. The van der Waals surface area contributed by atoms with E-state index in [1.54, 1.807) is 6.20 Å². The van der Waals surface area contributed by atoms with Crippen LogP contribution in [0.15, 0.2) is 54.7 Å². The molecule has 0 radical (unpaired) electrons. The highest BCUT2D eigenvalue weighted by Crippen LogP contribution is 2.13. The van der Waals surface area contributed by atoms with Gasteiger partial charge in [-0.1, -0.05) is 24.3 Å². The molecule has 0 amide bonds. The van der Waals surface area contributed by atoms with Crippen LogP contribution in [0.2, 0.25) is 0 Å². The van der Waals surface area contributed by atoms with Crippen LogP contribution in [0.4, 0.5) is 5.69 Å². The number of anilines is 1. The molecule has 0 aliphatic carbocycles. The van der Waals surface area contributed by atoms with Gasteiger partial charge in [0.1, 0.15) is 6.54 Å². The minimum absolute atomic E-state index is 0.00313. The lowest BCUT2D eigenvalue weighted by molar-refractivity contribution is -0.135. The standard InChI is InChI=1S/C15H16N2O2/c18-15(19)12-17(14-7-2-1-3-8-14)11-9-13-6-4-5-10-16-13/h1-8,10H,9,11-12H2,(H,18,19). The molecule has 0 spiro atoms. The van der Waals surface area contributed by atoms with Crippen molar-refractivity contribution >= 4 is 11.7 Å². The van der Waals surface area contributed by atoms with E-state index in [4.69, 9.17) is 5.11 Å². The Morgan fingerprint density at radius 2 is 1.84 bits per heavy atom. The Balaban J connectivity index is 2.04. The van der Waals surface area contributed by atoms with Gasteiger partial charge in [-0.3, -0.25) is 9.78 Å². The molecule has 0 bridgehead atoms. The number of para-hydroxylation sites is 1. The Hall–Kier alpha value is -2.36. The number of carboxylic acids is 1. The number of benzene rings is 1. The van der Waals surface area contributed by atoms with E-state index in [1.807, 2.05) is 53.4 Å². The Labute approximate surface area is 112 Å². The highest BCUT2D eigenvalue weighted by molar-refractivity contribution is 5.73. The maximum atomic E-state index is 10.9. The van der Waals surface area contributed by atoms with E-state index in [2.05, 4.69) is 4.98 Å². The summed E-state index contributed by atoms with van der Waals surface area (Å²) in [5, 5.41) is 8.99. The molecule has 0 saturated carbocycles. The monoisotopic (exact) mass is 256 g/mol. The van der Waals surface area contributed by atoms with Gasteiger partial charge in [-0.15, -0.1) is 0 Å². The number of nitrogens with zero attached hydrogens (tertiary/aromatic N) is 2. The van der Waals surface area contributed by atoms with Crippen molar-refractivity contribution in [2.45, 2.75) is 6.42 Å². The van der Waals surface area contributed by atoms with Crippen LogP contribution in [-0.2, 0) is 11.2 Å². The van der Waals surface area contributed by atoms with Gasteiger partial charge < -0.3 is 10.0 Å². The number of carboxylic acid groups (broad SMARTS) is 1. The smallest absolute Gasteiger partial charge is 0.323 e. The topological polar surface area (TPSA) is 53.4 Å². The van der Waals surface area contributed by atoms with Gasteiger partial charge in [0.15, 0.2) is 0 Å². The summed E-state index contributed by atoms with van der Waals surface area (Å²) in [6.07, 6.45) is 2.47. The Morgan fingerprint density at radius 1 is 1.11 bits per heavy atom. The SMILES string of the molecule is O=C(O)CN(CCc1ccccn1)c1ccccc1. The lowest BCUT2D eigenvalue weighted by Gasteiger charge is -2.22. The minimum atomic E-state index is -0.829. The molecule has 4 heteroatoms. The average Bonchev–Trinajstić information content (AvgIpc) is 2.45. The summed E-state index contributed by atoms with van der Waals surface area (Å²) >= 11 is 0. The highest BCUT2D eigenvalue weighted by Gasteiger charge is 2.10. The van der Waals surface area contributed by atoms with Crippen LogP contribution in [-0.4, -0.2) is 29.1 Å². The molecule has 2 rings (SSSR count). The molecule has 98 valence electrons. The normalized spacial score (nSPS) is 10.1. The minimum Gasteiger partial charge on any atom is -0.480 e. The number of hydrogen-bond donors (Lipinski definition) is 1. The molecular weight excluding hydrogens is 240 g/mol. The first-order valence-corrected chi connectivity index (χ1v) is 6.17. The third-order valence-corrected chi connectivity index (χ3v) is 2.81. The lowest BCUT2D eigenvalue weighted by Crippen LogP contribution is -2.31. The fourth-order valence-corrected chi connectivity index (χ4v) is 1.90. The second kappa shape index (κ2) is 6.54. The maximum absolute atomic E-state index is 10.9. The van der Waals surface area contributed by atoms with Gasteiger partial charge in [0, 0.05) is 30.5 Å². The van der Waals surface area contributed by atoms with E-state index in [-0.39, 0.29) is 6.54 Å². The molecule has 2 aromatic rings. The van der Waals surface area contributed by atoms with Crippen LogP contribution < -0.4 is 4.90 Å².